The summed E-state index contributed by atoms with van der Waals surface area (Å²) in [5, 5.41) is 0. The van der Waals surface area contributed by atoms with Crippen molar-refractivity contribution in [2.24, 2.45) is 15.7 Å². The van der Waals surface area contributed by atoms with Crippen LogP contribution in [0.1, 0.15) is 42.2 Å². The van der Waals surface area contributed by atoms with Gasteiger partial charge >= 0.3 is 0 Å². The molecule has 0 bridgehead atoms. The summed E-state index contributed by atoms with van der Waals surface area (Å²) in [5.74, 6) is 1.19. The smallest absolute Gasteiger partial charge is 0.280 e. The molecule has 4 rings (SSSR count). The minimum absolute atomic E-state index is 0.313. The van der Waals surface area contributed by atoms with Crippen LogP contribution in [0.3, 0.4) is 0 Å². The van der Waals surface area contributed by atoms with E-state index in [9.17, 15) is 13.6 Å². The lowest BCUT2D eigenvalue weighted by atomic mass is 10.1. The molecule has 2 radical (unpaired) electrons. The highest BCUT2D eigenvalue weighted by atomic mass is 19.3. The van der Waals surface area contributed by atoms with E-state index in [1.165, 1.54) is 31.4 Å². The number of carbonyl (C=O) groups excluding carboxylic acids is 1. The normalized spacial score (nSPS) is 18.2. The molecule has 206 valence electrons. The maximum absolute atomic E-state index is 13.1. The van der Waals surface area contributed by atoms with Gasteiger partial charge in [0.05, 0.1) is 20.5 Å². The second-order valence-electron chi connectivity index (χ2n) is 9.19. The van der Waals surface area contributed by atoms with Crippen molar-refractivity contribution in [1.29, 1.82) is 0 Å². The van der Waals surface area contributed by atoms with E-state index in [1.54, 1.807) is 24.1 Å². The molecule has 1 atom stereocenters. The van der Waals surface area contributed by atoms with Crippen LogP contribution in [-0.2, 0) is 4.74 Å². The zero-order valence-corrected chi connectivity index (χ0v) is 22.7. The standard InChI is InChI=1S/C26H31F2N7O2.CH3B/c1-16(34(2)3)32-25-18(15-36)10-23(33-24(25)17-4-7-21(26(27)28)31-12-17)35-8-9-37-22(14-35)19(11-29)13-30-20-5-6-20;1-2/h4,7,10-13,15,20,22,26H,5-6,8-9,14,29H2,1-3H3;1H3/b19-11+,30-13?,32-16?;/t22-;/m1./s1. The summed E-state index contributed by atoms with van der Waals surface area (Å²) >= 11 is 0. The van der Waals surface area contributed by atoms with Crippen molar-refractivity contribution in [1.82, 2.24) is 14.9 Å². The molecule has 2 aromatic heterocycles. The monoisotopic (exact) mass is 537 g/mol. The van der Waals surface area contributed by atoms with Crippen LogP contribution >= 0.6 is 0 Å². The molecular formula is C27H34BF2N7O2. The van der Waals surface area contributed by atoms with E-state index in [0.29, 0.717) is 59.9 Å². The van der Waals surface area contributed by atoms with Gasteiger partial charge in [-0.3, -0.25) is 14.8 Å². The highest BCUT2D eigenvalue weighted by molar-refractivity contribution is 6.05. The van der Waals surface area contributed by atoms with Gasteiger partial charge in [-0.05, 0) is 38.0 Å². The van der Waals surface area contributed by atoms with Gasteiger partial charge in [0, 0.05) is 62.5 Å². The lowest BCUT2D eigenvalue weighted by Gasteiger charge is -2.34. The number of alkyl halides is 2. The number of rotatable bonds is 8. The second kappa shape index (κ2) is 13.9. The van der Waals surface area contributed by atoms with E-state index < -0.39 is 6.43 Å². The highest BCUT2D eigenvalue weighted by Gasteiger charge is 2.27. The molecule has 0 amide bonds. The van der Waals surface area contributed by atoms with E-state index in [1.807, 2.05) is 19.0 Å². The van der Waals surface area contributed by atoms with Gasteiger partial charge in [0.2, 0.25) is 0 Å². The lowest BCUT2D eigenvalue weighted by molar-refractivity contribution is 0.0677. The predicted molar refractivity (Wildman–Crippen MR) is 152 cm³/mol. The number of halogens is 2. The van der Waals surface area contributed by atoms with E-state index in [0.717, 1.165) is 24.7 Å². The SMILES string of the molecule is CC(=Nc1c(C=O)cc(N2CCO[C@@H](/C(C=NC3CC3)=C/N)C2)nc1-c1ccc(C(F)F)nc1)N(C)C.[B]C. The molecule has 12 heteroatoms. The van der Waals surface area contributed by atoms with Gasteiger partial charge < -0.3 is 20.3 Å². The Morgan fingerprint density at radius 2 is 2.05 bits per heavy atom. The van der Waals surface area contributed by atoms with Crippen molar-refractivity contribution in [3.63, 3.8) is 0 Å². The van der Waals surface area contributed by atoms with Crippen LogP contribution in [0.25, 0.3) is 11.3 Å². The number of aromatic nitrogens is 2. The third-order valence-corrected chi connectivity index (χ3v) is 6.28. The maximum Gasteiger partial charge on any atom is 0.280 e. The maximum atomic E-state index is 13.1. The number of amidine groups is 1. The quantitative estimate of drug-likeness (QED) is 0.235. The zero-order chi connectivity index (χ0) is 28.5. The molecule has 39 heavy (non-hydrogen) atoms. The first-order valence-corrected chi connectivity index (χ1v) is 12.7. The van der Waals surface area contributed by atoms with Crippen LogP contribution in [0.4, 0.5) is 20.3 Å². The first-order chi connectivity index (χ1) is 18.8. The molecule has 0 spiro atoms. The average molecular weight is 537 g/mol. The Bertz CT molecular complexity index is 1220. The second-order valence-corrected chi connectivity index (χ2v) is 9.19. The molecule has 1 saturated carbocycles. The third kappa shape index (κ3) is 7.69. The number of aldehydes is 1. The molecule has 2 N–H and O–H groups in total. The Kier molecular flexibility index (Phi) is 10.7. The number of nitrogens with zero attached hydrogens (tertiary/aromatic N) is 6. The van der Waals surface area contributed by atoms with Gasteiger partial charge in [0.15, 0.2) is 6.29 Å². The van der Waals surface area contributed by atoms with Gasteiger partial charge in [-0.25, -0.2) is 18.8 Å². The van der Waals surface area contributed by atoms with Crippen molar-refractivity contribution in [3.8, 4) is 11.3 Å². The molecule has 2 aliphatic rings. The fraction of sp³-hybridized carbons (Fsp3) is 0.444. The van der Waals surface area contributed by atoms with Crippen LogP contribution < -0.4 is 10.6 Å². The molecule has 1 aliphatic carbocycles. The largest absolute Gasteiger partial charge is 0.404 e. The van der Waals surface area contributed by atoms with Crippen LogP contribution in [0, 0.1) is 0 Å². The third-order valence-electron chi connectivity index (χ3n) is 6.28. The van der Waals surface area contributed by atoms with Crippen molar-refractivity contribution >= 4 is 37.7 Å². The number of aliphatic imine (C=N–C) groups is 2. The van der Waals surface area contributed by atoms with Crippen molar-refractivity contribution < 1.29 is 18.3 Å². The summed E-state index contributed by atoms with van der Waals surface area (Å²) in [6, 6.07) is 4.82. The summed E-state index contributed by atoms with van der Waals surface area (Å²) in [4.78, 5) is 33.9. The lowest BCUT2D eigenvalue weighted by Crippen LogP contribution is -2.44. The van der Waals surface area contributed by atoms with Crippen LogP contribution in [-0.4, -0.2) is 87.0 Å². The van der Waals surface area contributed by atoms with Crippen LogP contribution in [0.5, 0.6) is 0 Å². The first kappa shape index (κ1) is 29.9. The molecule has 3 heterocycles. The number of morpholine rings is 1. The van der Waals surface area contributed by atoms with Gasteiger partial charge in [-0.2, -0.15) is 0 Å². The zero-order valence-electron chi connectivity index (χ0n) is 22.7. The van der Waals surface area contributed by atoms with Gasteiger partial charge in [0.1, 0.15) is 34.8 Å². The molecular weight excluding hydrogens is 503 g/mol. The number of carbonyl (C=O) groups is 1. The minimum atomic E-state index is -2.69. The van der Waals surface area contributed by atoms with Crippen molar-refractivity contribution in [2.75, 3.05) is 38.7 Å². The number of hydrogen-bond donors (Lipinski definition) is 1. The molecule has 2 fully saturated rings. The number of pyridine rings is 2. The summed E-state index contributed by atoms with van der Waals surface area (Å²) in [6.07, 6.45) is 4.51. The number of ether oxygens (including phenoxy) is 1. The van der Waals surface area contributed by atoms with E-state index >= 15 is 0 Å². The molecule has 1 aliphatic heterocycles. The Balaban J connectivity index is 0.00000205. The summed E-state index contributed by atoms with van der Waals surface area (Å²) in [5.41, 5.74) is 7.84. The average Bonchev–Trinajstić information content (AvgIpc) is 3.79. The van der Waals surface area contributed by atoms with Gasteiger partial charge in [-0.1, -0.05) is 6.82 Å². The molecule has 0 unspecified atom stereocenters. The minimum Gasteiger partial charge on any atom is -0.404 e. The van der Waals surface area contributed by atoms with E-state index in [-0.39, 0.29) is 11.8 Å². The van der Waals surface area contributed by atoms with Crippen molar-refractivity contribution in [3.05, 3.63) is 47.4 Å². The summed E-state index contributed by atoms with van der Waals surface area (Å²) < 4.78 is 32.2. The fourth-order valence-corrected chi connectivity index (χ4v) is 3.76. The Morgan fingerprint density at radius 3 is 2.62 bits per heavy atom. The van der Waals surface area contributed by atoms with Gasteiger partial charge in [-0.15, -0.1) is 0 Å². The molecule has 0 aromatic carbocycles. The number of anilines is 1. The molecule has 9 nitrogen and oxygen atoms in total. The first-order valence-electron chi connectivity index (χ1n) is 12.7. The van der Waals surface area contributed by atoms with E-state index in [2.05, 4.69) is 22.8 Å². The molecule has 2 aromatic rings. The van der Waals surface area contributed by atoms with Crippen molar-refractivity contribution in [2.45, 2.75) is 45.2 Å². The Morgan fingerprint density at radius 1 is 1.31 bits per heavy atom. The summed E-state index contributed by atoms with van der Waals surface area (Å²) in [6.45, 7) is 4.73. The van der Waals surface area contributed by atoms with Crippen LogP contribution in [0.15, 0.2) is 46.2 Å². The Labute approximate surface area is 229 Å². The highest BCUT2D eigenvalue weighted by Crippen LogP contribution is 2.35. The predicted octanol–water partition coefficient (Wildman–Crippen LogP) is 3.99. The fourth-order valence-electron chi connectivity index (χ4n) is 3.76. The molecule has 1 saturated heterocycles. The van der Waals surface area contributed by atoms with E-state index in [4.69, 9.17) is 15.5 Å². The number of nitrogens with two attached hydrogens (primary N) is 1. The number of hydrogen-bond acceptors (Lipinski definition) is 8. The van der Waals surface area contributed by atoms with Gasteiger partial charge in [0.25, 0.3) is 6.43 Å². The van der Waals surface area contributed by atoms with Crippen LogP contribution in [0.2, 0.25) is 6.82 Å². The Hall–Kier alpha value is -3.67. The summed E-state index contributed by atoms with van der Waals surface area (Å²) in [7, 11) is 8.17. The topological polar surface area (TPSA) is 109 Å².